The number of thioether (sulfide) groups is 1. The number of carbonyl (C=O) groups excluding carboxylic acids is 1. The molecule has 0 spiro atoms. The molecule has 1 amide bonds. The molecule has 0 aliphatic heterocycles. The Morgan fingerprint density at radius 1 is 0.633 bits per heavy atom. The van der Waals surface area contributed by atoms with Crippen molar-refractivity contribution < 1.29 is 4.79 Å². The van der Waals surface area contributed by atoms with Crippen LogP contribution in [0.4, 0.5) is 0 Å². The van der Waals surface area contributed by atoms with Gasteiger partial charge in [-0.2, -0.15) is 0 Å². The molecule has 0 bridgehead atoms. The van der Waals surface area contributed by atoms with Crippen LogP contribution in [0.2, 0.25) is 0 Å². The van der Waals surface area contributed by atoms with Gasteiger partial charge in [-0.25, -0.2) is 0 Å². The van der Waals surface area contributed by atoms with Gasteiger partial charge in [-0.3, -0.25) is 4.79 Å². The lowest BCUT2D eigenvalue weighted by Crippen LogP contribution is -2.48. The highest BCUT2D eigenvalue weighted by Crippen LogP contribution is 2.37. The molecule has 2 nitrogen and oxygen atoms in total. The summed E-state index contributed by atoms with van der Waals surface area (Å²) in [4.78, 5) is 14.6. The van der Waals surface area contributed by atoms with Crippen molar-refractivity contribution in [3.63, 3.8) is 0 Å². The average molecular weight is 410 g/mol. The van der Waals surface area contributed by atoms with Crippen molar-refractivity contribution in [2.75, 3.05) is 6.26 Å². The van der Waals surface area contributed by atoms with E-state index >= 15 is 0 Å². The number of hydrogen-bond acceptors (Lipinski definition) is 2. The van der Waals surface area contributed by atoms with Crippen LogP contribution in [0.3, 0.4) is 0 Å². The third kappa shape index (κ3) is 3.77. The lowest BCUT2D eigenvalue weighted by molar-refractivity contribution is 0.0922. The molecule has 4 aromatic carbocycles. The summed E-state index contributed by atoms with van der Waals surface area (Å²) in [6.07, 6.45) is 1.99. The van der Waals surface area contributed by atoms with E-state index in [9.17, 15) is 4.79 Å². The summed E-state index contributed by atoms with van der Waals surface area (Å²) in [5, 5.41) is 3.42. The van der Waals surface area contributed by atoms with Crippen molar-refractivity contribution in [3.05, 3.63) is 138 Å². The van der Waals surface area contributed by atoms with Crippen molar-refractivity contribution in [2.45, 2.75) is 10.4 Å². The zero-order chi connectivity index (χ0) is 20.8. The number of hydrogen-bond donors (Lipinski definition) is 1. The molecule has 3 heteroatoms. The van der Waals surface area contributed by atoms with Gasteiger partial charge in [0.05, 0.1) is 5.56 Å². The lowest BCUT2D eigenvalue weighted by Gasteiger charge is -2.37. The van der Waals surface area contributed by atoms with Crippen molar-refractivity contribution in [3.8, 4) is 0 Å². The Morgan fingerprint density at radius 2 is 1.03 bits per heavy atom. The summed E-state index contributed by atoms with van der Waals surface area (Å²) in [6, 6.07) is 38.2. The molecular weight excluding hydrogens is 386 g/mol. The largest absolute Gasteiger partial charge is 0.334 e. The number of amides is 1. The summed E-state index contributed by atoms with van der Waals surface area (Å²) in [6.45, 7) is 0. The molecule has 0 atom stereocenters. The van der Waals surface area contributed by atoms with Gasteiger partial charge in [0.25, 0.3) is 5.91 Å². The van der Waals surface area contributed by atoms with E-state index in [1.165, 1.54) is 0 Å². The van der Waals surface area contributed by atoms with E-state index in [-0.39, 0.29) is 5.91 Å². The van der Waals surface area contributed by atoms with E-state index in [0.717, 1.165) is 21.6 Å². The van der Waals surface area contributed by atoms with E-state index in [1.807, 2.05) is 85.1 Å². The van der Waals surface area contributed by atoms with E-state index < -0.39 is 5.54 Å². The van der Waals surface area contributed by atoms with Gasteiger partial charge in [0.2, 0.25) is 0 Å². The van der Waals surface area contributed by atoms with Gasteiger partial charge in [-0.05, 0) is 35.1 Å². The van der Waals surface area contributed by atoms with Crippen molar-refractivity contribution in [1.29, 1.82) is 0 Å². The topological polar surface area (TPSA) is 29.1 Å². The molecule has 0 saturated heterocycles. The Balaban J connectivity index is 1.94. The minimum Gasteiger partial charge on any atom is -0.334 e. The third-order valence-corrected chi connectivity index (χ3v) is 6.07. The number of rotatable bonds is 6. The van der Waals surface area contributed by atoms with Crippen LogP contribution in [-0.2, 0) is 5.54 Å². The maximum Gasteiger partial charge on any atom is 0.253 e. The summed E-state index contributed by atoms with van der Waals surface area (Å²) in [5.41, 5.74) is 2.90. The van der Waals surface area contributed by atoms with Gasteiger partial charge in [0.15, 0.2) is 0 Å². The maximum absolute atomic E-state index is 13.6. The van der Waals surface area contributed by atoms with Crippen LogP contribution in [0.1, 0.15) is 27.0 Å². The number of benzene rings is 4. The van der Waals surface area contributed by atoms with Gasteiger partial charge < -0.3 is 5.32 Å². The van der Waals surface area contributed by atoms with Crippen molar-refractivity contribution in [1.82, 2.24) is 5.32 Å². The fourth-order valence-corrected chi connectivity index (χ4v) is 4.45. The Hall–Kier alpha value is -3.30. The van der Waals surface area contributed by atoms with Crippen LogP contribution in [0, 0.1) is 0 Å². The molecule has 4 rings (SSSR count). The second-order valence-electron chi connectivity index (χ2n) is 7.00. The minimum atomic E-state index is -0.813. The van der Waals surface area contributed by atoms with Crippen molar-refractivity contribution >= 4 is 17.7 Å². The molecule has 1 N–H and O–H groups in total. The molecule has 0 saturated carbocycles. The van der Waals surface area contributed by atoms with Gasteiger partial charge >= 0.3 is 0 Å². The molecule has 148 valence electrons. The van der Waals surface area contributed by atoms with Gasteiger partial charge in [-0.15, -0.1) is 11.8 Å². The molecule has 0 fully saturated rings. The first-order valence-corrected chi connectivity index (χ1v) is 11.1. The zero-order valence-corrected chi connectivity index (χ0v) is 17.6. The van der Waals surface area contributed by atoms with Crippen LogP contribution in [0.15, 0.2) is 120 Å². The molecule has 0 unspecified atom stereocenters. The highest BCUT2D eigenvalue weighted by atomic mass is 32.2. The number of nitrogens with one attached hydrogen (secondary N) is 1. The van der Waals surface area contributed by atoms with E-state index in [4.69, 9.17) is 0 Å². The fraction of sp³-hybridized carbons (Fsp3) is 0.0741. The van der Waals surface area contributed by atoms with E-state index in [1.54, 1.807) is 11.8 Å². The quantitative estimate of drug-likeness (QED) is 0.307. The number of carbonyl (C=O) groups is 1. The van der Waals surface area contributed by atoms with Gasteiger partial charge in [-0.1, -0.05) is 103 Å². The highest BCUT2D eigenvalue weighted by Gasteiger charge is 2.38. The minimum absolute atomic E-state index is 0.100. The van der Waals surface area contributed by atoms with Crippen LogP contribution < -0.4 is 5.32 Å². The van der Waals surface area contributed by atoms with Gasteiger partial charge in [0.1, 0.15) is 5.54 Å². The Labute approximate surface area is 182 Å². The molecule has 0 radical (unpaired) electrons. The smallest absolute Gasteiger partial charge is 0.253 e. The molecule has 30 heavy (non-hydrogen) atoms. The van der Waals surface area contributed by atoms with Crippen LogP contribution >= 0.6 is 11.8 Å². The second kappa shape index (κ2) is 9.02. The summed E-state index contributed by atoms with van der Waals surface area (Å²) in [7, 11) is 0. The summed E-state index contributed by atoms with van der Waals surface area (Å²) in [5.74, 6) is -0.100. The van der Waals surface area contributed by atoms with Crippen LogP contribution in [0.25, 0.3) is 0 Å². The van der Waals surface area contributed by atoms with E-state index in [0.29, 0.717) is 5.56 Å². The Bertz CT molecular complexity index is 1010. The normalized spacial score (nSPS) is 11.1. The zero-order valence-electron chi connectivity index (χ0n) is 16.8. The van der Waals surface area contributed by atoms with Crippen LogP contribution in [-0.4, -0.2) is 12.2 Å². The van der Waals surface area contributed by atoms with Gasteiger partial charge in [0, 0.05) is 4.90 Å². The Kier molecular flexibility index (Phi) is 6.01. The second-order valence-corrected chi connectivity index (χ2v) is 7.85. The fourth-order valence-electron chi connectivity index (χ4n) is 3.85. The first-order valence-electron chi connectivity index (χ1n) is 9.88. The first kappa shape index (κ1) is 20.0. The van der Waals surface area contributed by atoms with Crippen molar-refractivity contribution in [2.24, 2.45) is 0 Å². The third-order valence-electron chi connectivity index (χ3n) is 5.27. The van der Waals surface area contributed by atoms with Crippen LogP contribution in [0.5, 0.6) is 0 Å². The molecule has 0 aliphatic rings. The summed E-state index contributed by atoms with van der Waals surface area (Å²) < 4.78 is 0. The molecule has 0 aromatic heterocycles. The Morgan fingerprint density at radius 3 is 1.47 bits per heavy atom. The monoisotopic (exact) mass is 409 g/mol. The maximum atomic E-state index is 13.6. The molecular formula is C27H23NOS. The average Bonchev–Trinajstić information content (AvgIpc) is 2.84. The first-order chi connectivity index (χ1) is 14.8. The lowest BCUT2D eigenvalue weighted by atomic mass is 9.77. The molecule has 4 aromatic rings. The molecule has 0 aliphatic carbocycles. The summed E-state index contributed by atoms with van der Waals surface area (Å²) >= 11 is 1.58. The standard InChI is InChI=1S/C27H23NOS/c1-30-25-20-12-11-19-24(25)26(29)28-27(21-13-5-2-6-14-21,22-15-7-3-8-16-22)23-17-9-4-10-18-23/h2-20H,1H3,(H,28,29). The predicted molar refractivity (Wildman–Crippen MR) is 125 cm³/mol. The van der Waals surface area contributed by atoms with E-state index in [2.05, 4.69) is 41.7 Å². The molecule has 0 heterocycles. The predicted octanol–water partition coefficient (Wildman–Crippen LogP) is 6.13. The SMILES string of the molecule is CSc1ccccc1C(=O)NC(c1ccccc1)(c1ccccc1)c1ccccc1. The highest BCUT2D eigenvalue weighted by molar-refractivity contribution is 7.98.